The van der Waals surface area contributed by atoms with Gasteiger partial charge in [0.25, 0.3) is 5.91 Å². The van der Waals surface area contributed by atoms with Gasteiger partial charge in [-0.2, -0.15) is 0 Å². The average Bonchev–Trinajstić information content (AvgIpc) is 2.93. The average molecular weight is 583 g/mol. The second-order valence-corrected chi connectivity index (χ2v) is 11.0. The second kappa shape index (κ2) is 13.6. The summed E-state index contributed by atoms with van der Waals surface area (Å²) in [5, 5.41) is 5.93. The van der Waals surface area contributed by atoms with Crippen molar-refractivity contribution in [2.75, 3.05) is 41.8 Å². The molecule has 10 nitrogen and oxygen atoms in total. The van der Waals surface area contributed by atoms with E-state index in [-0.39, 0.29) is 41.1 Å². The van der Waals surface area contributed by atoms with Crippen LogP contribution >= 0.6 is 0 Å². The molecular weight excluding hydrogens is 546 g/mol. The van der Waals surface area contributed by atoms with Crippen molar-refractivity contribution < 1.29 is 27.8 Å². The van der Waals surface area contributed by atoms with E-state index in [4.69, 9.17) is 15.2 Å². The topological polar surface area (TPSA) is 132 Å². The minimum atomic E-state index is -0.917. The molecule has 42 heavy (non-hydrogen) atoms. The van der Waals surface area contributed by atoms with E-state index >= 15 is 4.39 Å². The molecule has 0 bridgehead atoms. The second-order valence-electron chi connectivity index (χ2n) is 11.0. The third-order valence-corrected chi connectivity index (χ3v) is 6.42. The van der Waals surface area contributed by atoms with Gasteiger partial charge in [0.15, 0.2) is 23.3 Å². The number of esters is 1. The Bertz CT molecular complexity index is 1390. The molecule has 3 aromatic rings. The molecule has 1 amide bonds. The number of nitrogens with two attached hydrogens (primary N) is 1. The number of morpholine rings is 1. The molecule has 1 saturated heterocycles. The monoisotopic (exact) mass is 582 g/mol. The van der Waals surface area contributed by atoms with Crippen molar-refractivity contribution in [1.82, 2.24) is 9.97 Å². The van der Waals surface area contributed by atoms with Gasteiger partial charge in [-0.15, -0.1) is 0 Å². The van der Waals surface area contributed by atoms with E-state index in [0.717, 1.165) is 11.6 Å². The standard InChI is InChI=1S/C30H36F2N6O4/c1-30(2,3)42-25(39)10-9-20(15-19-7-5-4-6-8-19)35-28-23(31)17-22(26(33)40)27(37-28)36-21-16-24(32)29(34-18-21)38-11-13-41-14-12-38/h4-8,16-18,20H,9-15H2,1-3H3,(H2,33,40)(H2,35,36,37)/t20-/m0/s1. The molecule has 0 aliphatic carbocycles. The summed E-state index contributed by atoms with van der Waals surface area (Å²) in [7, 11) is 0. The van der Waals surface area contributed by atoms with Crippen molar-refractivity contribution >= 4 is 35.0 Å². The van der Waals surface area contributed by atoms with Gasteiger partial charge >= 0.3 is 5.97 Å². The van der Waals surface area contributed by atoms with E-state index in [1.807, 2.05) is 30.3 Å². The molecular formula is C30H36F2N6O4. The van der Waals surface area contributed by atoms with Gasteiger partial charge in [-0.1, -0.05) is 30.3 Å². The number of hydrogen-bond donors (Lipinski definition) is 3. The van der Waals surface area contributed by atoms with E-state index in [2.05, 4.69) is 20.6 Å². The molecule has 0 spiro atoms. The summed E-state index contributed by atoms with van der Waals surface area (Å²) in [6.07, 6.45) is 2.27. The number of carbonyl (C=O) groups is 2. The van der Waals surface area contributed by atoms with Crippen LogP contribution in [0.4, 0.5) is 31.9 Å². The first-order chi connectivity index (χ1) is 20.0. The molecule has 2 aromatic heterocycles. The number of primary amides is 1. The number of hydrogen-bond acceptors (Lipinski definition) is 9. The maximum Gasteiger partial charge on any atom is 0.306 e. The van der Waals surface area contributed by atoms with Crippen molar-refractivity contribution in [3.05, 3.63) is 71.4 Å². The Kier molecular flexibility index (Phi) is 9.89. The minimum absolute atomic E-state index is 0.0719. The molecule has 224 valence electrons. The number of benzene rings is 1. The summed E-state index contributed by atoms with van der Waals surface area (Å²) in [5.74, 6) is -2.73. The minimum Gasteiger partial charge on any atom is -0.460 e. The zero-order valence-corrected chi connectivity index (χ0v) is 24.0. The first kappa shape index (κ1) is 30.6. The normalized spacial score (nSPS) is 14.3. The number of amides is 1. The fourth-order valence-electron chi connectivity index (χ4n) is 4.52. The zero-order chi connectivity index (χ0) is 30.3. The number of carbonyl (C=O) groups excluding carboxylic acids is 2. The Hall–Kier alpha value is -4.32. The Morgan fingerprint density at radius 2 is 1.81 bits per heavy atom. The molecule has 1 aromatic carbocycles. The lowest BCUT2D eigenvalue weighted by Crippen LogP contribution is -2.37. The van der Waals surface area contributed by atoms with E-state index in [0.29, 0.717) is 39.1 Å². The van der Waals surface area contributed by atoms with Crippen LogP contribution in [-0.2, 0) is 20.7 Å². The SMILES string of the molecule is CC(C)(C)OC(=O)CC[C@@H](Cc1ccccc1)Nc1nc(Nc2cnc(N3CCOCC3)c(F)c2)c(C(N)=O)cc1F. The van der Waals surface area contributed by atoms with Crippen LogP contribution in [-0.4, -0.2) is 59.8 Å². The highest BCUT2D eigenvalue weighted by atomic mass is 19.1. The van der Waals surface area contributed by atoms with Crippen molar-refractivity contribution in [1.29, 1.82) is 0 Å². The molecule has 0 radical (unpaired) electrons. The molecule has 1 fully saturated rings. The van der Waals surface area contributed by atoms with Crippen molar-refractivity contribution in [2.24, 2.45) is 5.73 Å². The van der Waals surface area contributed by atoms with Gasteiger partial charge in [0.05, 0.1) is 30.7 Å². The van der Waals surface area contributed by atoms with Crippen molar-refractivity contribution in [2.45, 2.75) is 51.7 Å². The number of anilines is 4. The van der Waals surface area contributed by atoms with Gasteiger partial charge in [-0.3, -0.25) is 9.59 Å². The number of nitrogens with zero attached hydrogens (tertiary/aromatic N) is 3. The number of ether oxygens (including phenoxy) is 2. The van der Waals surface area contributed by atoms with Crippen LogP contribution in [0.3, 0.4) is 0 Å². The summed E-state index contributed by atoms with van der Waals surface area (Å²) in [6.45, 7) is 7.33. The van der Waals surface area contributed by atoms with Crippen LogP contribution in [0.15, 0.2) is 48.7 Å². The number of pyridine rings is 2. The number of rotatable bonds is 11. The van der Waals surface area contributed by atoms with Gasteiger partial charge in [0.2, 0.25) is 0 Å². The van der Waals surface area contributed by atoms with Crippen LogP contribution in [0.2, 0.25) is 0 Å². The summed E-state index contributed by atoms with van der Waals surface area (Å²) in [6, 6.07) is 11.3. The number of halogens is 2. The molecule has 0 saturated carbocycles. The quantitative estimate of drug-likeness (QED) is 0.278. The molecule has 4 N–H and O–H groups in total. The van der Waals surface area contributed by atoms with Gasteiger partial charge in [-0.05, 0) is 45.2 Å². The maximum absolute atomic E-state index is 15.2. The number of nitrogens with one attached hydrogen (secondary N) is 2. The molecule has 1 atom stereocenters. The van der Waals surface area contributed by atoms with E-state index < -0.39 is 29.2 Å². The van der Waals surface area contributed by atoms with Crippen LogP contribution in [0.5, 0.6) is 0 Å². The molecule has 1 aliphatic rings. The van der Waals surface area contributed by atoms with E-state index in [1.54, 1.807) is 25.7 Å². The highest BCUT2D eigenvalue weighted by Gasteiger charge is 2.23. The highest BCUT2D eigenvalue weighted by Crippen LogP contribution is 2.27. The van der Waals surface area contributed by atoms with E-state index in [1.165, 1.54) is 12.3 Å². The first-order valence-corrected chi connectivity index (χ1v) is 13.8. The molecule has 12 heteroatoms. The third kappa shape index (κ3) is 8.59. The predicted molar refractivity (Wildman–Crippen MR) is 156 cm³/mol. The van der Waals surface area contributed by atoms with E-state index in [9.17, 15) is 14.0 Å². The molecule has 3 heterocycles. The fraction of sp³-hybridized carbons (Fsp3) is 0.400. The smallest absolute Gasteiger partial charge is 0.306 e. The Balaban J connectivity index is 1.57. The van der Waals surface area contributed by atoms with Crippen molar-refractivity contribution in [3.8, 4) is 0 Å². The first-order valence-electron chi connectivity index (χ1n) is 13.8. The summed E-state index contributed by atoms with van der Waals surface area (Å²) < 4.78 is 40.9. The molecule has 0 unspecified atom stereocenters. The highest BCUT2D eigenvalue weighted by molar-refractivity contribution is 5.98. The lowest BCUT2D eigenvalue weighted by Gasteiger charge is -2.28. The van der Waals surface area contributed by atoms with Gasteiger partial charge in [0.1, 0.15) is 11.4 Å². The maximum atomic E-state index is 15.2. The third-order valence-electron chi connectivity index (χ3n) is 6.42. The summed E-state index contributed by atoms with van der Waals surface area (Å²) in [4.78, 5) is 34.9. The van der Waals surface area contributed by atoms with Gasteiger partial charge in [-0.25, -0.2) is 18.7 Å². The van der Waals surface area contributed by atoms with Crippen LogP contribution in [0.1, 0.15) is 49.5 Å². The van der Waals surface area contributed by atoms with Crippen LogP contribution in [0.25, 0.3) is 0 Å². The zero-order valence-electron chi connectivity index (χ0n) is 24.0. The Morgan fingerprint density at radius 3 is 2.45 bits per heavy atom. The number of aromatic nitrogens is 2. The van der Waals surface area contributed by atoms with Crippen LogP contribution in [0, 0.1) is 11.6 Å². The Labute approximate surface area is 243 Å². The molecule has 4 rings (SSSR count). The summed E-state index contributed by atoms with van der Waals surface area (Å²) in [5.41, 5.74) is 5.82. The fourth-order valence-corrected chi connectivity index (χ4v) is 4.52. The van der Waals surface area contributed by atoms with Crippen LogP contribution < -0.4 is 21.3 Å². The summed E-state index contributed by atoms with van der Waals surface area (Å²) >= 11 is 0. The van der Waals surface area contributed by atoms with Crippen molar-refractivity contribution in [3.63, 3.8) is 0 Å². The lowest BCUT2D eigenvalue weighted by atomic mass is 10.0. The molecule has 1 aliphatic heterocycles. The lowest BCUT2D eigenvalue weighted by molar-refractivity contribution is -0.155. The van der Waals surface area contributed by atoms with Gasteiger partial charge < -0.3 is 30.7 Å². The largest absolute Gasteiger partial charge is 0.460 e. The van der Waals surface area contributed by atoms with Gasteiger partial charge in [0, 0.05) is 31.6 Å². The predicted octanol–water partition coefficient (Wildman–Crippen LogP) is 4.58. The Morgan fingerprint density at radius 1 is 1.10 bits per heavy atom.